The molecule has 1 rings (SSSR count). The Labute approximate surface area is 132 Å². The molecule has 0 aliphatic carbocycles. The number of unbranched alkanes of at least 4 members (excludes halogenated alkanes) is 1. The molecule has 0 aliphatic heterocycles. The first kappa shape index (κ1) is 18.1. The molecule has 8 nitrogen and oxygen atoms in total. The van der Waals surface area contributed by atoms with Crippen LogP contribution in [0.5, 0.6) is 0 Å². The average Bonchev–Trinajstić information content (AvgIpc) is 2.47. The molecule has 0 atom stereocenters. The summed E-state index contributed by atoms with van der Waals surface area (Å²) >= 11 is 0. The van der Waals surface area contributed by atoms with Gasteiger partial charge in [0.25, 0.3) is 0 Å². The minimum atomic E-state index is -1.18. The van der Waals surface area contributed by atoms with Gasteiger partial charge in [-0.05, 0) is 43.9 Å². The van der Waals surface area contributed by atoms with Crippen molar-refractivity contribution in [2.45, 2.75) is 32.6 Å². The first-order valence-corrected chi connectivity index (χ1v) is 6.94. The van der Waals surface area contributed by atoms with E-state index >= 15 is 0 Å². The van der Waals surface area contributed by atoms with Crippen LogP contribution >= 0.6 is 0 Å². The van der Waals surface area contributed by atoms with Crippen LogP contribution in [0.25, 0.3) is 0 Å². The highest BCUT2D eigenvalue weighted by atomic mass is 16.6. The monoisotopic (exact) mass is 321 g/mol. The third-order valence-corrected chi connectivity index (χ3v) is 2.92. The van der Waals surface area contributed by atoms with Crippen LogP contribution in [0, 0.1) is 6.92 Å². The maximum Gasteiger partial charge on any atom is 0.419 e. The maximum atomic E-state index is 11.6. The molecule has 1 aromatic carbocycles. The molecule has 0 spiro atoms. The van der Waals surface area contributed by atoms with E-state index in [4.69, 9.17) is 0 Å². The number of aryl methyl sites for hydroxylation is 1. The summed E-state index contributed by atoms with van der Waals surface area (Å²) in [5.74, 6) is -1.94. The van der Waals surface area contributed by atoms with Crippen molar-refractivity contribution < 1.29 is 29.0 Å². The fourth-order valence-electron chi connectivity index (χ4n) is 1.76. The molecular formula is C15H17N2O6-. The lowest BCUT2D eigenvalue weighted by Crippen LogP contribution is -2.22. The molecule has 2 amide bonds. The van der Waals surface area contributed by atoms with Gasteiger partial charge in [0.2, 0.25) is 6.41 Å². The predicted molar refractivity (Wildman–Crippen MR) is 79.5 cm³/mol. The zero-order valence-electron chi connectivity index (χ0n) is 12.6. The third-order valence-electron chi connectivity index (χ3n) is 2.92. The van der Waals surface area contributed by atoms with Gasteiger partial charge in [-0.15, -0.1) is 0 Å². The number of rotatable bonds is 8. The summed E-state index contributed by atoms with van der Waals surface area (Å²) in [6.45, 7) is 1.78. The number of hydrogen-bond acceptors (Lipinski definition) is 6. The van der Waals surface area contributed by atoms with Gasteiger partial charge in [-0.1, -0.05) is 6.07 Å². The van der Waals surface area contributed by atoms with E-state index in [1.807, 2.05) is 0 Å². The van der Waals surface area contributed by atoms with Gasteiger partial charge in [0.05, 0.1) is 0 Å². The topological polar surface area (TPSA) is 125 Å². The van der Waals surface area contributed by atoms with Gasteiger partial charge in [0, 0.05) is 23.8 Å². The summed E-state index contributed by atoms with van der Waals surface area (Å²) in [4.78, 5) is 43.6. The Morgan fingerprint density at radius 1 is 1.22 bits per heavy atom. The number of ether oxygens (including phenoxy) is 1. The second-order valence-electron chi connectivity index (χ2n) is 4.76. The zero-order valence-corrected chi connectivity index (χ0v) is 12.6. The molecule has 0 bridgehead atoms. The molecule has 1 aromatic rings. The van der Waals surface area contributed by atoms with Crippen LogP contribution < -0.4 is 15.7 Å². The molecule has 0 saturated carbocycles. The number of carbonyl (C=O) groups excluding carboxylic acids is 4. The number of hydrogen-bond donors (Lipinski definition) is 2. The molecule has 8 heteroatoms. The quantitative estimate of drug-likeness (QED) is 0.318. The highest BCUT2D eigenvalue weighted by Crippen LogP contribution is 2.19. The van der Waals surface area contributed by atoms with E-state index in [2.05, 4.69) is 15.4 Å². The number of aliphatic carboxylic acids is 1. The zero-order chi connectivity index (χ0) is 17.2. The van der Waals surface area contributed by atoms with Gasteiger partial charge in [-0.2, -0.15) is 0 Å². The van der Waals surface area contributed by atoms with Crippen molar-refractivity contribution in [3.05, 3.63) is 23.8 Å². The van der Waals surface area contributed by atoms with Gasteiger partial charge >= 0.3 is 12.1 Å². The Kier molecular flexibility index (Phi) is 7.25. The number of carbonyl (C=O) groups is 4. The van der Waals surface area contributed by atoms with Gasteiger partial charge in [0.15, 0.2) is 0 Å². The Balaban J connectivity index is 2.44. The molecule has 124 valence electrons. The van der Waals surface area contributed by atoms with Crippen molar-refractivity contribution in [1.29, 1.82) is 0 Å². The minimum absolute atomic E-state index is 0.0630. The molecular weight excluding hydrogens is 304 g/mol. The van der Waals surface area contributed by atoms with Crippen LogP contribution in [0.1, 0.15) is 31.2 Å². The SMILES string of the molecule is Cc1ccc(NC(=O)OC(=O)CCCCC(=O)[O-])cc1NC=O. The van der Waals surface area contributed by atoms with Crippen LogP contribution in [0.4, 0.5) is 16.2 Å². The standard InChI is InChI=1S/C15H18N2O6/c1-10-6-7-11(8-12(10)16-9-18)17-15(22)23-14(21)5-3-2-4-13(19)20/h6-9H,2-5H2,1H3,(H,16,18)(H,17,22)(H,19,20)/p-1. The van der Waals surface area contributed by atoms with Gasteiger partial charge < -0.3 is 20.0 Å². The smallest absolute Gasteiger partial charge is 0.419 e. The maximum absolute atomic E-state index is 11.6. The van der Waals surface area contributed by atoms with Crippen molar-refractivity contribution in [3.63, 3.8) is 0 Å². The lowest BCUT2D eigenvalue weighted by molar-refractivity contribution is -0.305. The lowest BCUT2D eigenvalue weighted by Gasteiger charge is -2.09. The van der Waals surface area contributed by atoms with E-state index in [0.717, 1.165) is 5.56 Å². The second-order valence-corrected chi connectivity index (χ2v) is 4.76. The highest BCUT2D eigenvalue weighted by molar-refractivity contribution is 5.93. The van der Waals surface area contributed by atoms with Gasteiger partial charge in [-0.3, -0.25) is 14.9 Å². The minimum Gasteiger partial charge on any atom is -0.550 e. The first-order valence-electron chi connectivity index (χ1n) is 6.94. The molecule has 0 aliphatic rings. The van der Waals surface area contributed by atoms with E-state index in [1.165, 1.54) is 6.07 Å². The molecule has 0 saturated heterocycles. The average molecular weight is 321 g/mol. The fraction of sp³-hybridized carbons (Fsp3) is 0.333. The van der Waals surface area contributed by atoms with E-state index in [9.17, 15) is 24.3 Å². The summed E-state index contributed by atoms with van der Waals surface area (Å²) in [6.07, 6.45) is -0.0750. The molecule has 0 unspecified atom stereocenters. The number of anilines is 2. The van der Waals surface area contributed by atoms with E-state index in [-0.39, 0.29) is 25.7 Å². The Morgan fingerprint density at radius 3 is 2.57 bits per heavy atom. The Morgan fingerprint density at radius 2 is 1.91 bits per heavy atom. The largest absolute Gasteiger partial charge is 0.550 e. The van der Waals surface area contributed by atoms with Crippen molar-refractivity contribution in [3.8, 4) is 0 Å². The van der Waals surface area contributed by atoms with Crippen molar-refractivity contribution in [1.82, 2.24) is 0 Å². The van der Waals surface area contributed by atoms with Crippen LogP contribution in [-0.4, -0.2) is 24.4 Å². The highest BCUT2D eigenvalue weighted by Gasteiger charge is 2.11. The second kappa shape index (κ2) is 9.19. The van der Waals surface area contributed by atoms with Crippen molar-refractivity contribution in [2.75, 3.05) is 10.6 Å². The van der Waals surface area contributed by atoms with Crippen LogP contribution in [-0.2, 0) is 19.1 Å². The van der Waals surface area contributed by atoms with Crippen molar-refractivity contribution in [2.24, 2.45) is 0 Å². The van der Waals surface area contributed by atoms with Crippen LogP contribution in [0.2, 0.25) is 0 Å². The molecule has 23 heavy (non-hydrogen) atoms. The molecule has 0 fully saturated rings. The van der Waals surface area contributed by atoms with Gasteiger partial charge in [-0.25, -0.2) is 4.79 Å². The summed E-state index contributed by atoms with van der Waals surface area (Å²) in [5, 5.41) is 15.1. The number of nitrogens with one attached hydrogen (secondary N) is 2. The van der Waals surface area contributed by atoms with Gasteiger partial charge in [0.1, 0.15) is 0 Å². The Bertz CT molecular complexity index is 600. The molecule has 2 N–H and O–H groups in total. The number of amides is 2. The molecule has 0 radical (unpaired) electrons. The van der Waals surface area contributed by atoms with E-state index < -0.39 is 18.0 Å². The summed E-state index contributed by atoms with van der Waals surface area (Å²) in [6, 6.07) is 4.80. The molecule has 0 aromatic heterocycles. The van der Waals surface area contributed by atoms with Crippen LogP contribution in [0.15, 0.2) is 18.2 Å². The van der Waals surface area contributed by atoms with E-state index in [1.54, 1.807) is 19.1 Å². The predicted octanol–water partition coefficient (Wildman–Crippen LogP) is 0.949. The number of carboxylic acid groups (broad SMARTS) is 1. The van der Waals surface area contributed by atoms with Crippen molar-refractivity contribution >= 4 is 35.8 Å². The summed E-state index contributed by atoms with van der Waals surface area (Å²) in [5.41, 5.74) is 1.68. The number of esters is 1. The molecule has 0 heterocycles. The number of carboxylic acids is 1. The lowest BCUT2D eigenvalue weighted by atomic mass is 10.2. The number of benzene rings is 1. The normalized spacial score (nSPS) is 9.78. The summed E-state index contributed by atoms with van der Waals surface area (Å²) < 4.78 is 4.55. The van der Waals surface area contributed by atoms with Crippen LogP contribution in [0.3, 0.4) is 0 Å². The summed E-state index contributed by atoms with van der Waals surface area (Å²) in [7, 11) is 0. The first-order chi connectivity index (χ1) is 10.9. The van der Waals surface area contributed by atoms with E-state index in [0.29, 0.717) is 17.8 Å². The fourth-order valence-corrected chi connectivity index (χ4v) is 1.76. The Hall–Kier alpha value is -2.90. The third kappa shape index (κ3) is 7.07.